The smallest absolute Gasteiger partial charge is 0.822 e. The summed E-state index contributed by atoms with van der Waals surface area (Å²) in [5, 5.41) is 0. The van der Waals surface area contributed by atoms with Crippen molar-refractivity contribution >= 4 is 23.5 Å². The normalized spacial score (nSPS) is 9.32. The maximum Gasteiger partial charge on any atom is 3.00 e. The van der Waals surface area contributed by atoms with Crippen molar-refractivity contribution in [2.45, 2.75) is 0 Å². The van der Waals surface area contributed by atoms with Crippen molar-refractivity contribution in [3.05, 3.63) is 0 Å². The largest absolute Gasteiger partial charge is 3.00 e. The molecule has 12 nitrogen and oxygen atoms in total. The average molecular weight is 537 g/mol. The third-order valence-corrected chi connectivity index (χ3v) is 0. The molecule has 0 aliphatic heterocycles. The van der Waals surface area contributed by atoms with E-state index in [0.29, 0.717) is 0 Å². The molecule has 1 radical (unpaired) electrons. The van der Waals surface area contributed by atoms with E-state index in [1.807, 2.05) is 0 Å². The van der Waals surface area contributed by atoms with Gasteiger partial charge in [0.05, 0.1) is 0 Å². The van der Waals surface area contributed by atoms with Crippen LogP contribution in [-0.2, 0) is 89.2 Å². The summed E-state index contributed by atoms with van der Waals surface area (Å²) in [5.41, 5.74) is 0. The quantitative estimate of drug-likeness (QED) is 0.206. The maximum absolute atomic E-state index is 8.55. The van der Waals surface area contributed by atoms with Gasteiger partial charge in [0.1, 0.15) is 0 Å². The van der Waals surface area contributed by atoms with Gasteiger partial charge in [0.15, 0.2) is 0 Å². The molecule has 101 valence electrons. The second kappa shape index (κ2) is 18.8. The molecule has 0 rings (SSSR count). The van der Waals surface area contributed by atoms with Crippen LogP contribution in [0.2, 0.25) is 0 Å². The first kappa shape index (κ1) is 43.0. The van der Waals surface area contributed by atoms with Crippen molar-refractivity contribution in [1.82, 2.24) is 0 Å². The first-order chi connectivity index (χ1) is 6.00. The van der Waals surface area contributed by atoms with Crippen LogP contribution >= 0.6 is 23.5 Å². The molecule has 0 bridgehead atoms. The van der Waals surface area contributed by atoms with E-state index in [9.17, 15) is 0 Å². The predicted molar refractivity (Wildman–Crippen MR) is 22.8 cm³/mol. The number of phosphoric acid groups is 3. The van der Waals surface area contributed by atoms with Crippen LogP contribution < -0.4 is 44.0 Å². The third-order valence-electron chi connectivity index (χ3n) is 0. The SMILES string of the molecule is O=P([O-])([O-])[O-].O=P([O-])([O-])[O-].O=P([O-])([O-])[O-].[Fe+3].[Zn+2].[Zn+2].[Zn+2]. The topological polar surface area (TPSA) is 259 Å². The van der Waals surface area contributed by atoms with Gasteiger partial charge in [-0.1, -0.05) is 0 Å². The Hall–Kier alpha value is 2.72. The standard InChI is InChI=1S/Fe.3H3O4P.3Zn/c;3*1-5(2,3)4;;;/h;3*(H3,1,2,3,4);;;/q+3;;;;3*+2/p-9. The molecule has 0 aromatic heterocycles. The van der Waals surface area contributed by atoms with E-state index < -0.39 is 23.5 Å². The monoisotopic (exact) mass is 533 g/mol. The summed E-state index contributed by atoms with van der Waals surface area (Å²) in [6.45, 7) is 0. The van der Waals surface area contributed by atoms with E-state index in [1.165, 1.54) is 0 Å². The second-order valence-corrected chi connectivity index (χ2v) is 4.02. The molecule has 0 aromatic rings. The Morgan fingerprint density at radius 2 is 0.421 bits per heavy atom. The predicted octanol–water partition coefficient (Wildman–Crippen LogP) is -8.48. The minimum Gasteiger partial charge on any atom is -0.822 e. The van der Waals surface area contributed by atoms with Crippen molar-refractivity contribution in [2.75, 3.05) is 0 Å². The van der Waals surface area contributed by atoms with E-state index in [2.05, 4.69) is 0 Å². The van der Waals surface area contributed by atoms with Crippen LogP contribution in [0.1, 0.15) is 0 Å². The number of rotatable bonds is 0. The molecule has 0 unspecified atom stereocenters. The van der Waals surface area contributed by atoms with Crippen molar-refractivity contribution in [2.24, 2.45) is 0 Å². The second-order valence-electron chi connectivity index (χ2n) is 1.34. The summed E-state index contributed by atoms with van der Waals surface area (Å²) in [7, 11) is -16.2. The van der Waals surface area contributed by atoms with Crippen molar-refractivity contribution < 1.29 is 133 Å². The van der Waals surface area contributed by atoms with Crippen LogP contribution in [0, 0.1) is 0 Å². The van der Waals surface area contributed by atoms with E-state index in [1.54, 1.807) is 0 Å². The molecular weight excluding hydrogens is 537 g/mol. The molecular formula is FeO12P3Zn3. The molecule has 0 fully saturated rings. The van der Waals surface area contributed by atoms with Gasteiger partial charge in [-0.05, 0) is 0 Å². The minimum atomic E-state index is -5.39. The van der Waals surface area contributed by atoms with Crippen molar-refractivity contribution in [1.29, 1.82) is 0 Å². The first-order valence-electron chi connectivity index (χ1n) is 2.19. The van der Waals surface area contributed by atoms with Gasteiger partial charge in [-0.3, -0.25) is 0 Å². The Labute approximate surface area is 155 Å². The van der Waals surface area contributed by atoms with E-state index in [0.717, 1.165) is 0 Å². The molecule has 0 N–H and O–H groups in total. The summed E-state index contributed by atoms with van der Waals surface area (Å²) in [5.74, 6) is 0. The van der Waals surface area contributed by atoms with E-state index in [4.69, 9.17) is 57.7 Å². The zero-order valence-electron chi connectivity index (χ0n) is 8.72. The van der Waals surface area contributed by atoms with Crippen molar-refractivity contribution in [3.8, 4) is 0 Å². The van der Waals surface area contributed by atoms with Crippen LogP contribution in [0.15, 0.2) is 0 Å². The summed E-state index contributed by atoms with van der Waals surface area (Å²) in [4.78, 5) is 76.9. The van der Waals surface area contributed by atoms with Crippen LogP contribution in [0.4, 0.5) is 0 Å². The summed E-state index contributed by atoms with van der Waals surface area (Å²) >= 11 is 0. The molecule has 0 amide bonds. The minimum absolute atomic E-state index is 0. The van der Waals surface area contributed by atoms with Gasteiger partial charge in [0.2, 0.25) is 0 Å². The first-order valence-corrected chi connectivity index (χ1v) is 6.57. The van der Waals surface area contributed by atoms with Crippen LogP contribution in [-0.4, -0.2) is 0 Å². The van der Waals surface area contributed by atoms with Gasteiger partial charge in [-0.25, -0.2) is 0 Å². The molecule has 0 saturated heterocycles. The zero-order chi connectivity index (χ0) is 13.5. The van der Waals surface area contributed by atoms with Crippen molar-refractivity contribution in [3.63, 3.8) is 0 Å². The molecule has 19 heavy (non-hydrogen) atoms. The number of hydrogen-bond donors (Lipinski definition) is 0. The Morgan fingerprint density at radius 3 is 0.421 bits per heavy atom. The van der Waals surface area contributed by atoms with E-state index >= 15 is 0 Å². The zero-order valence-corrected chi connectivity index (χ0v) is 21.4. The summed E-state index contributed by atoms with van der Waals surface area (Å²) < 4.78 is 25.6. The fourth-order valence-corrected chi connectivity index (χ4v) is 0. The van der Waals surface area contributed by atoms with Gasteiger partial charge in [-0.15, -0.1) is 0 Å². The molecule has 0 spiro atoms. The molecule has 0 aliphatic carbocycles. The van der Waals surface area contributed by atoms with Gasteiger partial charge in [-0.2, -0.15) is 23.5 Å². The summed E-state index contributed by atoms with van der Waals surface area (Å²) in [6.07, 6.45) is 0. The molecule has 0 aromatic carbocycles. The van der Waals surface area contributed by atoms with Crippen LogP contribution in [0.5, 0.6) is 0 Å². The average Bonchev–Trinajstić information content (AvgIpc) is 1.41. The Morgan fingerprint density at radius 1 is 0.421 bits per heavy atom. The van der Waals surface area contributed by atoms with Crippen LogP contribution in [0.25, 0.3) is 0 Å². The molecule has 19 heteroatoms. The van der Waals surface area contributed by atoms with Gasteiger partial charge in [0, 0.05) is 0 Å². The van der Waals surface area contributed by atoms with Crippen LogP contribution in [0.3, 0.4) is 0 Å². The fourth-order valence-electron chi connectivity index (χ4n) is 0. The fraction of sp³-hybridized carbons (Fsp3) is 0. The van der Waals surface area contributed by atoms with Gasteiger partial charge >= 0.3 is 75.5 Å². The Kier molecular flexibility index (Phi) is 42.5. The third kappa shape index (κ3) is 982. The Balaban J connectivity index is -0.0000000206. The molecule has 0 saturated carbocycles. The van der Waals surface area contributed by atoms with E-state index in [-0.39, 0.29) is 75.5 Å². The summed E-state index contributed by atoms with van der Waals surface area (Å²) in [6, 6.07) is 0. The van der Waals surface area contributed by atoms with Gasteiger partial charge in [0.25, 0.3) is 0 Å². The van der Waals surface area contributed by atoms with Gasteiger partial charge < -0.3 is 57.7 Å². The molecule has 0 heterocycles. The maximum atomic E-state index is 8.55. The Bertz CT molecular complexity index is 214. The molecule has 0 aliphatic rings. The molecule has 0 atom stereocenters. The number of hydrogen-bond acceptors (Lipinski definition) is 12.